The maximum Gasteiger partial charge on any atom is 0.230 e. The van der Waals surface area contributed by atoms with Crippen molar-refractivity contribution in [1.82, 2.24) is 10.2 Å². The van der Waals surface area contributed by atoms with Gasteiger partial charge in [0.15, 0.2) is 0 Å². The summed E-state index contributed by atoms with van der Waals surface area (Å²) in [5, 5.41) is 11.7. The zero-order valence-electron chi connectivity index (χ0n) is 9.15. The Balaban J connectivity index is 2.62. The average molecular weight is 228 g/mol. The van der Waals surface area contributed by atoms with Crippen LogP contribution in [0.1, 0.15) is 18.9 Å². The van der Waals surface area contributed by atoms with E-state index in [9.17, 15) is 4.79 Å². The van der Waals surface area contributed by atoms with Gasteiger partial charge in [0, 0.05) is 6.54 Å². The van der Waals surface area contributed by atoms with Crippen molar-refractivity contribution in [1.29, 1.82) is 0 Å². The number of rotatable bonds is 4. The first-order chi connectivity index (χ1) is 7.04. The van der Waals surface area contributed by atoms with E-state index in [4.69, 9.17) is 5.73 Å². The minimum atomic E-state index is -0.172. The lowest BCUT2D eigenvalue weighted by Gasteiger charge is -2.16. The molecule has 1 atom stereocenters. The smallest absolute Gasteiger partial charge is 0.230 e. The number of anilines is 1. The van der Waals surface area contributed by atoms with Crippen molar-refractivity contribution in [2.24, 2.45) is 17.6 Å². The summed E-state index contributed by atoms with van der Waals surface area (Å²) in [5.41, 5.74) is 5.54. The van der Waals surface area contributed by atoms with Gasteiger partial charge in [-0.3, -0.25) is 4.79 Å². The summed E-state index contributed by atoms with van der Waals surface area (Å²) in [6, 6.07) is 0. The molecule has 1 heterocycles. The lowest BCUT2D eigenvalue weighted by Crippen LogP contribution is -2.33. The number of aryl methyl sites for hydroxylation is 1. The van der Waals surface area contributed by atoms with E-state index in [1.165, 1.54) is 11.3 Å². The Morgan fingerprint density at radius 3 is 2.60 bits per heavy atom. The topological polar surface area (TPSA) is 80.9 Å². The Bertz CT molecular complexity index is 337. The molecule has 6 heteroatoms. The summed E-state index contributed by atoms with van der Waals surface area (Å²) >= 11 is 1.36. The molecule has 1 aromatic rings. The first kappa shape index (κ1) is 12.1. The number of carbonyl (C=O) groups excluding carboxylic acids is 1. The molecule has 0 saturated heterocycles. The third-order valence-corrected chi connectivity index (χ3v) is 2.91. The molecule has 1 unspecified atom stereocenters. The fraction of sp³-hybridized carbons (Fsp3) is 0.667. The Hall–Kier alpha value is -1.01. The molecule has 0 fully saturated rings. The van der Waals surface area contributed by atoms with Gasteiger partial charge in [-0.25, -0.2) is 0 Å². The van der Waals surface area contributed by atoms with E-state index < -0.39 is 0 Å². The van der Waals surface area contributed by atoms with Crippen molar-refractivity contribution in [3.63, 3.8) is 0 Å². The lowest BCUT2D eigenvalue weighted by atomic mass is 9.95. The van der Waals surface area contributed by atoms with Crippen LogP contribution in [0.5, 0.6) is 0 Å². The van der Waals surface area contributed by atoms with E-state index >= 15 is 0 Å². The molecule has 0 aliphatic carbocycles. The highest BCUT2D eigenvalue weighted by molar-refractivity contribution is 7.15. The van der Waals surface area contributed by atoms with Gasteiger partial charge in [-0.15, -0.1) is 10.2 Å². The van der Waals surface area contributed by atoms with Crippen LogP contribution in [-0.2, 0) is 4.79 Å². The monoisotopic (exact) mass is 228 g/mol. The molecule has 1 rings (SSSR count). The number of aromatic nitrogens is 2. The quantitative estimate of drug-likeness (QED) is 0.806. The fourth-order valence-electron chi connectivity index (χ4n) is 1.23. The molecule has 0 bridgehead atoms. The Labute approximate surface area is 93.1 Å². The second-order valence-corrected chi connectivity index (χ2v) is 4.88. The third kappa shape index (κ3) is 3.24. The van der Waals surface area contributed by atoms with Gasteiger partial charge >= 0.3 is 0 Å². The number of nitrogens with two attached hydrogens (primary N) is 1. The molecule has 5 nitrogen and oxygen atoms in total. The van der Waals surface area contributed by atoms with Crippen molar-refractivity contribution >= 4 is 22.4 Å². The minimum absolute atomic E-state index is 0.0800. The van der Waals surface area contributed by atoms with Crippen LogP contribution in [0.15, 0.2) is 0 Å². The molecule has 84 valence electrons. The van der Waals surface area contributed by atoms with Gasteiger partial charge in [0.25, 0.3) is 0 Å². The highest BCUT2D eigenvalue weighted by Crippen LogP contribution is 2.17. The minimum Gasteiger partial charge on any atom is -0.330 e. The molecule has 3 N–H and O–H groups in total. The van der Waals surface area contributed by atoms with Crippen LogP contribution in [0.4, 0.5) is 5.13 Å². The van der Waals surface area contributed by atoms with Gasteiger partial charge < -0.3 is 11.1 Å². The van der Waals surface area contributed by atoms with E-state index in [0.29, 0.717) is 11.7 Å². The molecular weight excluding hydrogens is 212 g/mol. The van der Waals surface area contributed by atoms with Crippen molar-refractivity contribution in [3.05, 3.63) is 5.01 Å². The first-order valence-electron chi connectivity index (χ1n) is 4.85. The maximum atomic E-state index is 11.7. The van der Waals surface area contributed by atoms with Gasteiger partial charge in [0.05, 0.1) is 5.92 Å². The molecule has 0 aliphatic rings. The van der Waals surface area contributed by atoms with Crippen LogP contribution >= 0.6 is 11.3 Å². The third-order valence-electron chi connectivity index (χ3n) is 2.15. The number of hydrogen-bond acceptors (Lipinski definition) is 5. The highest BCUT2D eigenvalue weighted by atomic mass is 32.1. The summed E-state index contributed by atoms with van der Waals surface area (Å²) in [7, 11) is 0. The molecule has 0 radical (unpaired) electrons. The second kappa shape index (κ2) is 5.18. The largest absolute Gasteiger partial charge is 0.330 e. The zero-order chi connectivity index (χ0) is 11.4. The molecule has 1 aromatic heterocycles. The summed E-state index contributed by atoms with van der Waals surface area (Å²) in [5.74, 6) is -0.0260. The molecule has 0 aromatic carbocycles. The fourth-order valence-corrected chi connectivity index (χ4v) is 1.82. The van der Waals surface area contributed by atoms with E-state index in [-0.39, 0.29) is 17.7 Å². The summed E-state index contributed by atoms with van der Waals surface area (Å²) in [6.45, 7) is 6.14. The Morgan fingerprint density at radius 1 is 1.53 bits per heavy atom. The van der Waals surface area contributed by atoms with E-state index in [1.807, 2.05) is 20.8 Å². The zero-order valence-corrected chi connectivity index (χ0v) is 9.97. The Morgan fingerprint density at radius 2 is 2.20 bits per heavy atom. The molecule has 0 saturated carbocycles. The summed E-state index contributed by atoms with van der Waals surface area (Å²) in [4.78, 5) is 11.7. The van der Waals surface area contributed by atoms with E-state index in [2.05, 4.69) is 15.5 Å². The van der Waals surface area contributed by atoms with Crippen molar-refractivity contribution in [2.45, 2.75) is 20.8 Å². The van der Waals surface area contributed by atoms with Crippen molar-refractivity contribution in [3.8, 4) is 0 Å². The number of hydrogen-bond donors (Lipinski definition) is 2. The van der Waals surface area contributed by atoms with Crippen LogP contribution in [0.3, 0.4) is 0 Å². The van der Waals surface area contributed by atoms with Gasteiger partial charge in [-0.2, -0.15) is 0 Å². The lowest BCUT2D eigenvalue weighted by molar-refractivity contribution is -0.120. The Kier molecular flexibility index (Phi) is 4.16. The van der Waals surface area contributed by atoms with Gasteiger partial charge in [-0.1, -0.05) is 25.2 Å². The predicted octanol–water partition coefficient (Wildman–Crippen LogP) is 1.02. The van der Waals surface area contributed by atoms with Crippen LogP contribution in [0.2, 0.25) is 0 Å². The van der Waals surface area contributed by atoms with E-state index in [0.717, 1.165) is 5.01 Å². The summed E-state index contributed by atoms with van der Waals surface area (Å²) < 4.78 is 0. The number of nitrogens with one attached hydrogen (secondary N) is 1. The molecule has 0 aliphatic heterocycles. The van der Waals surface area contributed by atoms with Gasteiger partial charge in [0.1, 0.15) is 5.01 Å². The number of nitrogens with zero attached hydrogens (tertiary/aromatic N) is 2. The number of amides is 1. The standard InChI is InChI=1S/C9H16N4OS/c1-5(2)7(4-10)8(14)11-9-13-12-6(3)15-9/h5,7H,4,10H2,1-3H3,(H,11,13,14). The van der Waals surface area contributed by atoms with Crippen molar-refractivity contribution in [2.75, 3.05) is 11.9 Å². The second-order valence-electron chi connectivity index (χ2n) is 3.70. The summed E-state index contributed by atoms with van der Waals surface area (Å²) in [6.07, 6.45) is 0. The molecular formula is C9H16N4OS. The van der Waals surface area contributed by atoms with Crippen LogP contribution in [0, 0.1) is 18.8 Å². The van der Waals surface area contributed by atoms with E-state index in [1.54, 1.807) is 0 Å². The molecule has 1 amide bonds. The maximum absolute atomic E-state index is 11.7. The van der Waals surface area contributed by atoms with Crippen LogP contribution in [0.25, 0.3) is 0 Å². The molecule has 0 spiro atoms. The molecule has 15 heavy (non-hydrogen) atoms. The normalized spacial score (nSPS) is 12.9. The van der Waals surface area contributed by atoms with Crippen LogP contribution in [-0.4, -0.2) is 22.6 Å². The van der Waals surface area contributed by atoms with Gasteiger partial charge in [0.2, 0.25) is 11.0 Å². The van der Waals surface area contributed by atoms with Gasteiger partial charge in [-0.05, 0) is 12.8 Å². The predicted molar refractivity (Wildman–Crippen MR) is 60.7 cm³/mol. The van der Waals surface area contributed by atoms with Crippen LogP contribution < -0.4 is 11.1 Å². The number of carbonyl (C=O) groups is 1. The first-order valence-corrected chi connectivity index (χ1v) is 5.67. The highest BCUT2D eigenvalue weighted by Gasteiger charge is 2.21. The van der Waals surface area contributed by atoms with Crippen molar-refractivity contribution < 1.29 is 4.79 Å². The SMILES string of the molecule is Cc1nnc(NC(=O)C(CN)C(C)C)s1. The average Bonchev–Trinajstić information content (AvgIpc) is 2.51.